The number of amides is 1. The van der Waals surface area contributed by atoms with Crippen LogP contribution >= 0.6 is 0 Å². The van der Waals surface area contributed by atoms with Gasteiger partial charge in [-0.1, -0.05) is 30.3 Å². The molecule has 0 atom stereocenters. The summed E-state index contributed by atoms with van der Waals surface area (Å²) >= 11 is 0. The van der Waals surface area contributed by atoms with Gasteiger partial charge in [-0.05, 0) is 29.8 Å². The van der Waals surface area contributed by atoms with Crippen molar-refractivity contribution in [2.45, 2.75) is 6.54 Å². The Morgan fingerprint density at radius 3 is 2.63 bits per heavy atom. The Bertz CT molecular complexity index is 1010. The van der Waals surface area contributed by atoms with Crippen LogP contribution in [0.25, 0.3) is 10.9 Å². The summed E-state index contributed by atoms with van der Waals surface area (Å²) in [6, 6.07) is 19.3. The monoisotopic (exact) mass is 356 g/mol. The SMILES string of the molecule is N#Cc1cccc(C(=O)N2CCN(Cc3cccc4cccnc34)CC2)c1. The van der Waals surface area contributed by atoms with Gasteiger partial charge in [-0.3, -0.25) is 14.7 Å². The largest absolute Gasteiger partial charge is 0.336 e. The molecule has 3 aromatic rings. The number of hydrogen-bond donors (Lipinski definition) is 0. The molecule has 0 spiro atoms. The van der Waals surface area contributed by atoms with E-state index in [1.165, 1.54) is 5.56 Å². The summed E-state index contributed by atoms with van der Waals surface area (Å²) in [4.78, 5) is 21.5. The molecule has 5 heteroatoms. The van der Waals surface area contributed by atoms with Crippen LogP contribution in [0.4, 0.5) is 0 Å². The van der Waals surface area contributed by atoms with Gasteiger partial charge in [0.25, 0.3) is 5.91 Å². The number of pyridine rings is 1. The standard InChI is InChI=1S/C22H20N4O/c23-15-17-4-1-6-19(14-17)22(27)26-12-10-25(11-13-26)16-20-7-2-5-18-8-3-9-24-21(18)20/h1-9,14H,10-13,16H2. The van der Waals surface area contributed by atoms with E-state index in [0.29, 0.717) is 24.2 Å². The van der Waals surface area contributed by atoms with Crippen molar-refractivity contribution in [1.29, 1.82) is 5.26 Å². The lowest BCUT2D eigenvalue weighted by atomic mass is 10.1. The van der Waals surface area contributed by atoms with Crippen molar-refractivity contribution in [3.05, 3.63) is 77.5 Å². The van der Waals surface area contributed by atoms with E-state index in [9.17, 15) is 4.79 Å². The summed E-state index contributed by atoms with van der Waals surface area (Å²) in [5.41, 5.74) is 3.37. The molecular formula is C22H20N4O. The van der Waals surface area contributed by atoms with Crippen LogP contribution < -0.4 is 0 Å². The van der Waals surface area contributed by atoms with Crippen molar-refractivity contribution >= 4 is 16.8 Å². The molecule has 0 aliphatic carbocycles. The van der Waals surface area contributed by atoms with E-state index in [1.807, 2.05) is 17.2 Å². The maximum Gasteiger partial charge on any atom is 0.253 e. The van der Waals surface area contributed by atoms with Crippen LogP contribution in [-0.4, -0.2) is 46.9 Å². The lowest BCUT2D eigenvalue weighted by Gasteiger charge is -2.35. The Hall–Kier alpha value is -3.23. The zero-order chi connectivity index (χ0) is 18.6. The van der Waals surface area contributed by atoms with E-state index >= 15 is 0 Å². The first-order valence-corrected chi connectivity index (χ1v) is 9.09. The molecule has 1 aliphatic rings. The highest BCUT2D eigenvalue weighted by Gasteiger charge is 2.22. The van der Waals surface area contributed by atoms with Crippen molar-refractivity contribution in [2.24, 2.45) is 0 Å². The summed E-state index contributed by atoms with van der Waals surface area (Å²) in [6.07, 6.45) is 1.83. The smallest absolute Gasteiger partial charge is 0.253 e. The lowest BCUT2D eigenvalue weighted by Crippen LogP contribution is -2.48. The minimum Gasteiger partial charge on any atom is -0.336 e. The second-order valence-corrected chi connectivity index (χ2v) is 6.75. The number of nitrogens with zero attached hydrogens (tertiary/aromatic N) is 4. The summed E-state index contributed by atoms with van der Waals surface area (Å²) in [5, 5.41) is 10.2. The van der Waals surface area contributed by atoms with Gasteiger partial charge < -0.3 is 4.90 Å². The predicted octanol–water partition coefficient (Wildman–Crippen LogP) is 3.06. The molecule has 0 unspecified atom stereocenters. The van der Waals surface area contributed by atoms with Gasteiger partial charge in [0.1, 0.15) is 0 Å². The fourth-order valence-corrected chi connectivity index (χ4v) is 3.55. The zero-order valence-corrected chi connectivity index (χ0v) is 15.0. The average Bonchev–Trinajstić information content (AvgIpc) is 2.74. The highest BCUT2D eigenvalue weighted by molar-refractivity contribution is 5.94. The molecule has 0 bridgehead atoms. The molecule has 2 aromatic carbocycles. The molecule has 0 radical (unpaired) electrons. The number of fused-ring (bicyclic) bond motifs is 1. The fourth-order valence-electron chi connectivity index (χ4n) is 3.55. The minimum absolute atomic E-state index is 0.00132. The molecule has 1 saturated heterocycles. The molecule has 1 fully saturated rings. The van der Waals surface area contributed by atoms with Crippen molar-refractivity contribution in [1.82, 2.24) is 14.8 Å². The summed E-state index contributed by atoms with van der Waals surface area (Å²) in [7, 11) is 0. The highest BCUT2D eigenvalue weighted by Crippen LogP contribution is 2.19. The van der Waals surface area contributed by atoms with Crippen LogP contribution in [0.5, 0.6) is 0 Å². The Morgan fingerprint density at radius 1 is 1.04 bits per heavy atom. The Labute approximate surface area is 158 Å². The van der Waals surface area contributed by atoms with E-state index in [1.54, 1.807) is 24.3 Å². The Kier molecular flexibility index (Phi) is 4.82. The predicted molar refractivity (Wildman–Crippen MR) is 104 cm³/mol. The normalized spacial score (nSPS) is 14.9. The van der Waals surface area contributed by atoms with Crippen molar-refractivity contribution in [2.75, 3.05) is 26.2 Å². The number of rotatable bonds is 3. The first-order valence-electron chi connectivity index (χ1n) is 9.09. The number of benzene rings is 2. The fraction of sp³-hybridized carbons (Fsp3) is 0.227. The van der Waals surface area contributed by atoms with Gasteiger partial charge in [-0.2, -0.15) is 5.26 Å². The number of hydrogen-bond acceptors (Lipinski definition) is 4. The van der Waals surface area contributed by atoms with Gasteiger partial charge in [0.2, 0.25) is 0 Å². The second kappa shape index (κ2) is 7.56. The van der Waals surface area contributed by atoms with Gasteiger partial charge in [-0.25, -0.2) is 0 Å². The Balaban J connectivity index is 1.41. The second-order valence-electron chi connectivity index (χ2n) is 6.75. The first-order chi connectivity index (χ1) is 13.2. The van der Waals surface area contributed by atoms with Gasteiger partial charge in [0.15, 0.2) is 0 Å². The number of carbonyl (C=O) groups is 1. The van der Waals surface area contributed by atoms with E-state index < -0.39 is 0 Å². The molecule has 1 aromatic heterocycles. The van der Waals surface area contributed by atoms with E-state index in [2.05, 4.69) is 40.2 Å². The van der Waals surface area contributed by atoms with Crippen LogP contribution in [0, 0.1) is 11.3 Å². The molecule has 0 N–H and O–H groups in total. The number of nitriles is 1. The third-order valence-corrected chi connectivity index (χ3v) is 5.01. The molecular weight excluding hydrogens is 336 g/mol. The number of para-hydroxylation sites is 1. The lowest BCUT2D eigenvalue weighted by molar-refractivity contribution is 0.0629. The number of piperazine rings is 1. The topological polar surface area (TPSA) is 60.2 Å². The summed E-state index contributed by atoms with van der Waals surface area (Å²) in [6.45, 7) is 3.86. The molecule has 27 heavy (non-hydrogen) atoms. The minimum atomic E-state index is -0.00132. The third-order valence-electron chi connectivity index (χ3n) is 5.01. The van der Waals surface area contributed by atoms with Crippen LogP contribution in [0.2, 0.25) is 0 Å². The molecule has 0 saturated carbocycles. The molecule has 1 aliphatic heterocycles. The first kappa shape index (κ1) is 17.2. The molecule has 1 amide bonds. The average molecular weight is 356 g/mol. The summed E-state index contributed by atoms with van der Waals surface area (Å²) in [5.74, 6) is -0.00132. The summed E-state index contributed by atoms with van der Waals surface area (Å²) < 4.78 is 0. The maximum atomic E-state index is 12.7. The molecule has 5 nitrogen and oxygen atoms in total. The van der Waals surface area contributed by atoms with E-state index in [4.69, 9.17) is 5.26 Å². The van der Waals surface area contributed by atoms with Gasteiger partial charge >= 0.3 is 0 Å². The Morgan fingerprint density at radius 2 is 1.81 bits per heavy atom. The van der Waals surface area contributed by atoms with Gasteiger partial charge in [0, 0.05) is 49.9 Å². The zero-order valence-electron chi connectivity index (χ0n) is 15.0. The van der Waals surface area contributed by atoms with E-state index in [-0.39, 0.29) is 5.91 Å². The van der Waals surface area contributed by atoms with E-state index in [0.717, 1.165) is 30.5 Å². The third kappa shape index (κ3) is 3.67. The molecule has 134 valence electrons. The van der Waals surface area contributed by atoms with Gasteiger partial charge in [-0.15, -0.1) is 0 Å². The molecule has 2 heterocycles. The van der Waals surface area contributed by atoms with Crippen LogP contribution in [0.1, 0.15) is 21.5 Å². The van der Waals surface area contributed by atoms with Crippen LogP contribution in [0.3, 0.4) is 0 Å². The van der Waals surface area contributed by atoms with Crippen molar-refractivity contribution < 1.29 is 4.79 Å². The van der Waals surface area contributed by atoms with Crippen LogP contribution in [-0.2, 0) is 6.54 Å². The van der Waals surface area contributed by atoms with Crippen LogP contribution in [0.15, 0.2) is 60.8 Å². The molecule has 4 rings (SSSR count). The quantitative estimate of drug-likeness (QED) is 0.724. The maximum absolute atomic E-state index is 12.7. The van der Waals surface area contributed by atoms with Crippen molar-refractivity contribution in [3.63, 3.8) is 0 Å². The number of carbonyl (C=O) groups excluding carboxylic acids is 1. The highest BCUT2D eigenvalue weighted by atomic mass is 16.2. The van der Waals surface area contributed by atoms with Gasteiger partial charge in [0.05, 0.1) is 17.1 Å². The van der Waals surface area contributed by atoms with Crippen molar-refractivity contribution in [3.8, 4) is 6.07 Å². The number of aromatic nitrogens is 1.